The normalized spacial score (nSPS) is 11.2. The van der Waals surface area contributed by atoms with E-state index in [1.54, 1.807) is 7.11 Å². The van der Waals surface area contributed by atoms with Crippen molar-refractivity contribution in [1.82, 2.24) is 10.2 Å². The van der Waals surface area contributed by atoms with E-state index in [-0.39, 0.29) is 0 Å². The Morgan fingerprint density at radius 3 is 2.35 bits per heavy atom. The van der Waals surface area contributed by atoms with Gasteiger partial charge in [-0.1, -0.05) is 56.3 Å². The topological polar surface area (TPSA) is 24.5 Å². The van der Waals surface area contributed by atoms with Crippen molar-refractivity contribution in [2.24, 2.45) is 0 Å². The molecule has 0 heterocycles. The van der Waals surface area contributed by atoms with Crippen LogP contribution in [-0.2, 0) is 19.6 Å². The Morgan fingerprint density at radius 2 is 1.70 bits per heavy atom. The summed E-state index contributed by atoms with van der Waals surface area (Å²) in [4.78, 5) is 2.32. The van der Waals surface area contributed by atoms with Crippen LogP contribution in [0.1, 0.15) is 30.5 Å². The highest BCUT2D eigenvalue weighted by Crippen LogP contribution is 2.21. The standard InChI is InChI=1S/C20H28N2O/c1-16(2)21-13-19-11-10-18(12-20(19)23-4)15-22(3)14-17-8-6-5-7-9-17/h5-12,16,21H,13-15H2,1-4H3. The monoisotopic (exact) mass is 312 g/mol. The minimum Gasteiger partial charge on any atom is -0.496 e. The summed E-state index contributed by atoms with van der Waals surface area (Å²) in [7, 11) is 3.89. The molecule has 0 atom stereocenters. The lowest BCUT2D eigenvalue weighted by atomic mass is 10.1. The number of rotatable bonds is 8. The van der Waals surface area contributed by atoms with Crippen molar-refractivity contribution in [2.45, 2.75) is 39.5 Å². The predicted molar refractivity (Wildman–Crippen MR) is 96.6 cm³/mol. The van der Waals surface area contributed by atoms with E-state index < -0.39 is 0 Å². The second-order valence-electron chi connectivity index (χ2n) is 6.34. The van der Waals surface area contributed by atoms with Crippen molar-refractivity contribution in [2.75, 3.05) is 14.2 Å². The number of nitrogens with zero attached hydrogens (tertiary/aromatic N) is 1. The zero-order chi connectivity index (χ0) is 16.7. The third-order valence-electron chi connectivity index (χ3n) is 3.80. The maximum atomic E-state index is 5.56. The molecule has 2 rings (SSSR count). The summed E-state index contributed by atoms with van der Waals surface area (Å²) in [6, 6.07) is 17.5. The van der Waals surface area contributed by atoms with E-state index >= 15 is 0 Å². The Balaban J connectivity index is 1.99. The molecule has 0 aliphatic heterocycles. The van der Waals surface area contributed by atoms with Crippen LogP contribution in [-0.4, -0.2) is 25.1 Å². The molecule has 3 heteroatoms. The van der Waals surface area contributed by atoms with Gasteiger partial charge in [0.1, 0.15) is 5.75 Å². The van der Waals surface area contributed by atoms with Gasteiger partial charge in [0.2, 0.25) is 0 Å². The Morgan fingerprint density at radius 1 is 1.00 bits per heavy atom. The molecule has 2 aromatic carbocycles. The summed E-state index contributed by atoms with van der Waals surface area (Å²) in [6.45, 7) is 6.99. The van der Waals surface area contributed by atoms with Crippen LogP contribution in [0.3, 0.4) is 0 Å². The van der Waals surface area contributed by atoms with Gasteiger partial charge in [0.15, 0.2) is 0 Å². The summed E-state index contributed by atoms with van der Waals surface area (Å²) >= 11 is 0. The Kier molecular flexibility index (Phi) is 6.63. The molecule has 124 valence electrons. The second kappa shape index (κ2) is 8.70. The van der Waals surface area contributed by atoms with Gasteiger partial charge in [0.25, 0.3) is 0 Å². The zero-order valence-corrected chi connectivity index (χ0v) is 14.7. The maximum absolute atomic E-state index is 5.56. The largest absolute Gasteiger partial charge is 0.496 e. The summed E-state index contributed by atoms with van der Waals surface area (Å²) in [5.41, 5.74) is 3.81. The molecule has 0 radical (unpaired) electrons. The Labute approximate surface area is 140 Å². The lowest BCUT2D eigenvalue weighted by Gasteiger charge is -2.18. The first-order valence-electron chi connectivity index (χ1n) is 8.20. The van der Waals surface area contributed by atoms with Gasteiger partial charge in [-0.15, -0.1) is 0 Å². The third-order valence-corrected chi connectivity index (χ3v) is 3.80. The van der Waals surface area contributed by atoms with Gasteiger partial charge < -0.3 is 10.1 Å². The van der Waals surface area contributed by atoms with E-state index in [0.717, 1.165) is 25.4 Å². The highest BCUT2D eigenvalue weighted by atomic mass is 16.5. The fourth-order valence-corrected chi connectivity index (χ4v) is 2.61. The zero-order valence-electron chi connectivity index (χ0n) is 14.7. The summed E-state index contributed by atoms with van der Waals surface area (Å²) in [5.74, 6) is 0.962. The third kappa shape index (κ3) is 5.70. The first-order valence-corrected chi connectivity index (χ1v) is 8.20. The number of nitrogens with one attached hydrogen (secondary N) is 1. The smallest absolute Gasteiger partial charge is 0.123 e. The highest BCUT2D eigenvalue weighted by Gasteiger charge is 2.07. The lowest BCUT2D eigenvalue weighted by molar-refractivity contribution is 0.318. The van der Waals surface area contributed by atoms with E-state index in [1.807, 2.05) is 0 Å². The van der Waals surface area contributed by atoms with Crippen molar-refractivity contribution in [3.05, 3.63) is 65.2 Å². The quantitative estimate of drug-likeness (QED) is 0.802. The number of benzene rings is 2. The van der Waals surface area contributed by atoms with Crippen molar-refractivity contribution in [3.63, 3.8) is 0 Å². The molecule has 0 saturated heterocycles. The average molecular weight is 312 g/mol. The van der Waals surface area contributed by atoms with Crippen LogP contribution in [0.2, 0.25) is 0 Å². The van der Waals surface area contributed by atoms with E-state index in [9.17, 15) is 0 Å². The van der Waals surface area contributed by atoms with Gasteiger partial charge in [-0.2, -0.15) is 0 Å². The van der Waals surface area contributed by atoms with Crippen LogP contribution in [0.5, 0.6) is 5.75 Å². The minimum absolute atomic E-state index is 0.469. The van der Waals surface area contributed by atoms with Crippen LogP contribution < -0.4 is 10.1 Å². The first-order chi connectivity index (χ1) is 11.1. The van der Waals surface area contributed by atoms with E-state index in [2.05, 4.69) is 79.6 Å². The number of hydrogen-bond donors (Lipinski definition) is 1. The molecule has 0 aliphatic carbocycles. The molecule has 0 aliphatic rings. The summed E-state index contributed by atoms with van der Waals surface area (Å²) in [5, 5.41) is 3.44. The van der Waals surface area contributed by atoms with Crippen LogP contribution in [0.4, 0.5) is 0 Å². The van der Waals surface area contributed by atoms with Crippen LogP contribution in [0.15, 0.2) is 48.5 Å². The number of methoxy groups -OCH3 is 1. The Bertz CT molecular complexity index is 596. The average Bonchev–Trinajstić information content (AvgIpc) is 2.54. The fraction of sp³-hybridized carbons (Fsp3) is 0.400. The minimum atomic E-state index is 0.469. The van der Waals surface area contributed by atoms with Crippen molar-refractivity contribution in [3.8, 4) is 5.75 Å². The van der Waals surface area contributed by atoms with Crippen LogP contribution >= 0.6 is 0 Å². The van der Waals surface area contributed by atoms with Gasteiger partial charge >= 0.3 is 0 Å². The lowest BCUT2D eigenvalue weighted by Crippen LogP contribution is -2.22. The molecule has 0 aromatic heterocycles. The SMILES string of the molecule is COc1cc(CN(C)Cc2ccccc2)ccc1CNC(C)C. The second-order valence-corrected chi connectivity index (χ2v) is 6.34. The van der Waals surface area contributed by atoms with E-state index in [0.29, 0.717) is 6.04 Å². The summed E-state index contributed by atoms with van der Waals surface area (Å²) in [6.07, 6.45) is 0. The van der Waals surface area contributed by atoms with Gasteiger partial charge in [-0.05, 0) is 24.2 Å². The van der Waals surface area contributed by atoms with Crippen molar-refractivity contribution >= 4 is 0 Å². The van der Waals surface area contributed by atoms with Crippen LogP contribution in [0.25, 0.3) is 0 Å². The van der Waals surface area contributed by atoms with Gasteiger partial charge in [-0.3, -0.25) is 4.90 Å². The predicted octanol–water partition coefficient (Wildman–Crippen LogP) is 3.83. The van der Waals surface area contributed by atoms with Crippen molar-refractivity contribution in [1.29, 1.82) is 0 Å². The van der Waals surface area contributed by atoms with Crippen LogP contribution in [0, 0.1) is 0 Å². The molecule has 0 spiro atoms. The van der Waals surface area contributed by atoms with Crippen molar-refractivity contribution < 1.29 is 4.74 Å². The van der Waals surface area contributed by atoms with Gasteiger partial charge in [0, 0.05) is 31.2 Å². The van der Waals surface area contributed by atoms with Gasteiger partial charge in [-0.25, -0.2) is 0 Å². The molecular weight excluding hydrogens is 284 g/mol. The molecular formula is C20H28N2O. The van der Waals surface area contributed by atoms with Gasteiger partial charge in [0.05, 0.1) is 7.11 Å². The molecule has 0 fully saturated rings. The molecule has 0 amide bonds. The number of hydrogen-bond acceptors (Lipinski definition) is 3. The highest BCUT2D eigenvalue weighted by molar-refractivity contribution is 5.37. The Hall–Kier alpha value is -1.84. The van der Waals surface area contributed by atoms with E-state index in [4.69, 9.17) is 4.74 Å². The molecule has 1 N–H and O–H groups in total. The first kappa shape index (κ1) is 17.5. The summed E-state index contributed by atoms with van der Waals surface area (Å²) < 4.78 is 5.56. The molecule has 0 saturated carbocycles. The molecule has 23 heavy (non-hydrogen) atoms. The van der Waals surface area contributed by atoms with E-state index in [1.165, 1.54) is 16.7 Å². The molecule has 3 nitrogen and oxygen atoms in total. The molecule has 2 aromatic rings. The molecule has 0 bridgehead atoms. The number of ether oxygens (including phenoxy) is 1. The maximum Gasteiger partial charge on any atom is 0.123 e. The molecule has 0 unspecified atom stereocenters. The fourth-order valence-electron chi connectivity index (χ4n) is 2.61.